The topological polar surface area (TPSA) is 157 Å². The summed E-state index contributed by atoms with van der Waals surface area (Å²) in [5.74, 6) is -0.734. The van der Waals surface area contributed by atoms with Gasteiger partial charge >= 0.3 is 17.8 Å². The number of esters is 1. The molecule has 244 valence electrons. The van der Waals surface area contributed by atoms with Gasteiger partial charge in [-0.05, 0) is 87.8 Å². The Kier molecular flexibility index (Phi) is 10.7. The van der Waals surface area contributed by atoms with E-state index in [9.17, 15) is 28.0 Å². The van der Waals surface area contributed by atoms with E-state index in [1.54, 1.807) is 25.1 Å². The molecule has 5 rings (SSSR count). The first-order valence-corrected chi connectivity index (χ1v) is 14.4. The number of carboxylic acid groups (broad SMARTS) is 1. The molecule has 46 heavy (non-hydrogen) atoms. The zero-order valence-corrected chi connectivity index (χ0v) is 25.5. The van der Waals surface area contributed by atoms with Gasteiger partial charge < -0.3 is 20.1 Å². The second-order valence-electron chi connectivity index (χ2n) is 10.8. The number of hydrogen-bond donors (Lipinski definition) is 3. The third-order valence-corrected chi connectivity index (χ3v) is 8.21. The van der Waals surface area contributed by atoms with Crippen molar-refractivity contribution < 1.29 is 32.6 Å². The number of anilines is 2. The van der Waals surface area contributed by atoms with Crippen molar-refractivity contribution in [1.82, 2.24) is 25.0 Å². The van der Waals surface area contributed by atoms with Crippen molar-refractivity contribution in [2.45, 2.75) is 44.4 Å². The summed E-state index contributed by atoms with van der Waals surface area (Å²) >= 11 is 0. The van der Waals surface area contributed by atoms with E-state index in [4.69, 9.17) is 14.6 Å². The molecular formula is C31H34F3N7O5. The maximum Gasteiger partial charge on any atom is 0.416 e. The van der Waals surface area contributed by atoms with Crippen LogP contribution in [-0.4, -0.2) is 77.0 Å². The summed E-state index contributed by atoms with van der Waals surface area (Å²) < 4.78 is 47.3. The van der Waals surface area contributed by atoms with Crippen molar-refractivity contribution in [3.63, 3.8) is 0 Å². The number of likely N-dealkylation sites (N-methyl/N-ethyl adjacent to an activating group) is 1. The number of rotatable bonds is 7. The normalized spacial score (nSPS) is 16.7. The molecule has 0 unspecified atom stereocenters. The van der Waals surface area contributed by atoms with Crippen LogP contribution in [-0.2, 0) is 26.9 Å². The third kappa shape index (κ3) is 6.98. The number of methoxy groups -OCH3 is 1. The fourth-order valence-corrected chi connectivity index (χ4v) is 5.96. The molecule has 0 spiro atoms. The highest BCUT2D eigenvalue weighted by atomic mass is 19.4. The van der Waals surface area contributed by atoms with Crippen LogP contribution in [0, 0.1) is 11.3 Å². The van der Waals surface area contributed by atoms with Gasteiger partial charge in [0.1, 0.15) is 6.04 Å². The van der Waals surface area contributed by atoms with E-state index in [1.165, 1.54) is 28.7 Å². The van der Waals surface area contributed by atoms with Gasteiger partial charge in [-0.3, -0.25) is 9.69 Å². The average Bonchev–Trinajstić information content (AvgIpc) is 3.43. The predicted molar refractivity (Wildman–Crippen MR) is 161 cm³/mol. The SMILES string of the molecule is COC(=O)C1=C(C)N(c2cccc(C(F)(F)F)c2)c2n[nH]c(=O)n2[C@@H]1c1ccc(C#N)cc1CCN(C)C1CCNCC1.O=CO. The zero-order valence-electron chi connectivity index (χ0n) is 25.5. The Morgan fingerprint density at radius 3 is 2.57 bits per heavy atom. The van der Waals surface area contributed by atoms with Crippen molar-refractivity contribution >= 4 is 24.1 Å². The summed E-state index contributed by atoms with van der Waals surface area (Å²) in [6, 6.07) is 11.2. The molecule has 0 saturated carbocycles. The van der Waals surface area contributed by atoms with Gasteiger partial charge in [0.25, 0.3) is 6.47 Å². The van der Waals surface area contributed by atoms with Gasteiger partial charge in [0.15, 0.2) is 0 Å². The molecule has 0 radical (unpaired) electrons. The maximum absolute atomic E-state index is 13.6. The molecule has 1 fully saturated rings. The van der Waals surface area contributed by atoms with E-state index in [1.807, 2.05) is 0 Å². The first kappa shape index (κ1) is 33.9. The maximum atomic E-state index is 13.6. The first-order chi connectivity index (χ1) is 22.0. The van der Waals surface area contributed by atoms with Crippen molar-refractivity contribution in [1.29, 1.82) is 5.26 Å². The van der Waals surface area contributed by atoms with Crippen LogP contribution in [0.1, 0.15) is 48.1 Å². The van der Waals surface area contributed by atoms with E-state index >= 15 is 0 Å². The number of piperidine rings is 1. The molecule has 2 aliphatic heterocycles. The third-order valence-electron chi connectivity index (χ3n) is 8.21. The number of benzene rings is 2. The molecule has 1 aromatic heterocycles. The van der Waals surface area contributed by atoms with Gasteiger partial charge in [0.2, 0.25) is 5.95 Å². The summed E-state index contributed by atoms with van der Waals surface area (Å²) in [4.78, 5) is 38.7. The Labute approximate surface area is 262 Å². The highest BCUT2D eigenvalue weighted by Crippen LogP contribution is 2.43. The monoisotopic (exact) mass is 641 g/mol. The highest BCUT2D eigenvalue weighted by Gasteiger charge is 2.41. The Bertz CT molecular complexity index is 1700. The Hall–Kier alpha value is -4.94. The van der Waals surface area contributed by atoms with Gasteiger partial charge in [0, 0.05) is 24.0 Å². The molecule has 3 N–H and O–H groups in total. The van der Waals surface area contributed by atoms with Crippen molar-refractivity contribution in [3.05, 3.63) is 86.5 Å². The van der Waals surface area contributed by atoms with E-state index in [2.05, 4.69) is 33.5 Å². The molecule has 2 aliphatic rings. The van der Waals surface area contributed by atoms with Gasteiger partial charge in [0.05, 0.1) is 29.9 Å². The zero-order chi connectivity index (χ0) is 33.6. The number of allylic oxidation sites excluding steroid dienone is 1. The lowest BCUT2D eigenvalue weighted by atomic mass is 9.89. The average molecular weight is 642 g/mol. The van der Waals surface area contributed by atoms with Crippen LogP contribution in [0.2, 0.25) is 0 Å². The van der Waals surface area contributed by atoms with Gasteiger partial charge in [-0.15, -0.1) is 5.10 Å². The molecule has 2 aromatic carbocycles. The Morgan fingerprint density at radius 2 is 1.93 bits per heavy atom. The summed E-state index contributed by atoms with van der Waals surface area (Å²) in [5, 5.41) is 26.5. The van der Waals surface area contributed by atoms with E-state index in [0.717, 1.165) is 43.6 Å². The standard InChI is InChI=1S/C30H32F3N7O3.CH2O2/c1-18-25(27(41)43-3)26(24-8-7-19(17-34)15-20(24)11-14-38(2)22-9-12-35-13-10-22)40-28(36-37-29(40)42)39(18)23-6-4-5-21(16-23)30(31,32)33;2-1-3/h4-8,15-16,22,26,35H,9-14H2,1-3H3,(H,37,42);1H,(H,2,3)/t26-;/m1./s1. The number of carbonyl (C=O) groups excluding carboxylic acids is 1. The number of carbonyl (C=O) groups is 2. The highest BCUT2D eigenvalue weighted by molar-refractivity contribution is 5.93. The molecule has 3 heterocycles. The molecule has 1 atom stereocenters. The molecule has 3 aromatic rings. The Balaban J connectivity index is 0.00000154. The van der Waals surface area contributed by atoms with Crippen molar-refractivity contribution in [3.8, 4) is 6.07 Å². The molecule has 0 aliphatic carbocycles. The minimum Gasteiger partial charge on any atom is -0.483 e. The number of halogens is 3. The quantitative estimate of drug-likeness (QED) is 0.257. The van der Waals surface area contributed by atoms with Crippen LogP contribution >= 0.6 is 0 Å². The molecule has 0 bridgehead atoms. The number of ether oxygens (including phenoxy) is 1. The van der Waals surface area contributed by atoms with Crippen LogP contribution in [0.5, 0.6) is 0 Å². The van der Waals surface area contributed by atoms with Gasteiger partial charge in [-0.1, -0.05) is 12.1 Å². The number of alkyl halides is 3. The summed E-state index contributed by atoms with van der Waals surface area (Å²) in [6.07, 6.45) is -2.06. The van der Waals surface area contributed by atoms with E-state index < -0.39 is 29.4 Å². The fraction of sp³-hybridized carbons (Fsp3) is 0.387. The Morgan fingerprint density at radius 1 is 1.24 bits per heavy atom. The number of hydrogen-bond acceptors (Lipinski definition) is 9. The summed E-state index contributed by atoms with van der Waals surface area (Å²) in [5.41, 5.74) is 0.597. The molecule has 0 amide bonds. The number of H-pyrrole nitrogens is 1. The number of nitriles is 1. The van der Waals surface area contributed by atoms with Crippen LogP contribution in [0.4, 0.5) is 24.8 Å². The number of fused-ring (bicyclic) bond motifs is 1. The first-order valence-electron chi connectivity index (χ1n) is 14.4. The van der Waals surface area contributed by atoms with Crippen LogP contribution in [0.3, 0.4) is 0 Å². The summed E-state index contributed by atoms with van der Waals surface area (Å²) in [6.45, 7) is 3.87. The predicted octanol–water partition coefficient (Wildman–Crippen LogP) is 3.58. The number of nitrogens with one attached hydrogen (secondary N) is 2. The van der Waals surface area contributed by atoms with Crippen molar-refractivity contribution in [2.75, 3.05) is 38.7 Å². The van der Waals surface area contributed by atoms with Gasteiger partial charge in [-0.2, -0.15) is 18.4 Å². The number of aromatic amines is 1. The molecule has 1 saturated heterocycles. The van der Waals surface area contributed by atoms with Gasteiger partial charge in [-0.25, -0.2) is 19.3 Å². The lowest BCUT2D eigenvalue weighted by Crippen LogP contribution is -2.42. The smallest absolute Gasteiger partial charge is 0.416 e. The lowest BCUT2D eigenvalue weighted by Gasteiger charge is -2.36. The minimum atomic E-state index is -4.61. The second kappa shape index (κ2) is 14.4. The molecule has 15 heteroatoms. The summed E-state index contributed by atoms with van der Waals surface area (Å²) in [7, 11) is 3.26. The van der Waals surface area contributed by atoms with Crippen LogP contribution < -0.4 is 15.9 Å². The fourth-order valence-electron chi connectivity index (χ4n) is 5.96. The number of nitrogens with zero attached hydrogens (tertiary/aromatic N) is 5. The number of aromatic nitrogens is 3. The second-order valence-corrected chi connectivity index (χ2v) is 10.8. The largest absolute Gasteiger partial charge is 0.483 e. The lowest BCUT2D eigenvalue weighted by molar-refractivity contribution is -0.138. The van der Waals surface area contributed by atoms with E-state index in [-0.39, 0.29) is 29.4 Å². The molecule has 12 nitrogen and oxygen atoms in total. The van der Waals surface area contributed by atoms with E-state index in [0.29, 0.717) is 30.1 Å². The van der Waals surface area contributed by atoms with Crippen molar-refractivity contribution in [2.24, 2.45) is 0 Å². The minimum absolute atomic E-state index is 0.0154. The van der Waals surface area contributed by atoms with Crippen LogP contribution in [0.25, 0.3) is 0 Å². The van der Waals surface area contributed by atoms with Crippen LogP contribution in [0.15, 0.2) is 58.5 Å². The molecular weight excluding hydrogens is 607 g/mol.